The standard InChI is InChI=1S/C12H16ClN3O/c13-10-7-8(14)6-9(12(15)17)11(10)16-4-2-1-3-5-16/h6-7H,1-5,14H2,(H2,15,17). The molecule has 1 aliphatic heterocycles. The van der Waals surface area contributed by atoms with Gasteiger partial charge in [0.25, 0.3) is 5.91 Å². The fraction of sp³-hybridized carbons (Fsp3) is 0.417. The summed E-state index contributed by atoms with van der Waals surface area (Å²) in [6, 6.07) is 3.26. The zero-order valence-electron chi connectivity index (χ0n) is 9.58. The zero-order chi connectivity index (χ0) is 12.4. The number of carbonyl (C=O) groups is 1. The summed E-state index contributed by atoms with van der Waals surface area (Å²) in [6.07, 6.45) is 3.44. The van der Waals surface area contributed by atoms with E-state index < -0.39 is 5.91 Å². The van der Waals surface area contributed by atoms with Crippen LogP contribution in [0.3, 0.4) is 0 Å². The number of hydrogen-bond donors (Lipinski definition) is 2. The van der Waals surface area contributed by atoms with Gasteiger partial charge in [0, 0.05) is 18.8 Å². The minimum Gasteiger partial charge on any atom is -0.399 e. The van der Waals surface area contributed by atoms with Crippen LogP contribution in [-0.2, 0) is 0 Å². The van der Waals surface area contributed by atoms with Crippen molar-refractivity contribution in [1.82, 2.24) is 0 Å². The summed E-state index contributed by atoms with van der Waals surface area (Å²) in [4.78, 5) is 13.6. The van der Waals surface area contributed by atoms with Crippen molar-refractivity contribution >= 4 is 28.9 Å². The van der Waals surface area contributed by atoms with Gasteiger partial charge in [0.15, 0.2) is 0 Å². The molecule has 0 atom stereocenters. The third kappa shape index (κ3) is 2.47. The molecule has 17 heavy (non-hydrogen) atoms. The Morgan fingerprint density at radius 2 is 1.88 bits per heavy atom. The first-order chi connectivity index (χ1) is 8.09. The second-order valence-corrected chi connectivity index (χ2v) is 4.72. The van der Waals surface area contributed by atoms with E-state index in [0.717, 1.165) is 31.6 Å². The van der Waals surface area contributed by atoms with Gasteiger partial charge in [-0.05, 0) is 31.4 Å². The van der Waals surface area contributed by atoms with Gasteiger partial charge in [-0.3, -0.25) is 4.79 Å². The molecule has 1 aliphatic rings. The Kier molecular flexibility index (Phi) is 3.43. The number of nitrogens with two attached hydrogens (primary N) is 2. The van der Waals surface area contributed by atoms with Crippen LogP contribution in [0.1, 0.15) is 29.6 Å². The molecule has 0 aromatic heterocycles. The monoisotopic (exact) mass is 253 g/mol. The van der Waals surface area contributed by atoms with E-state index in [4.69, 9.17) is 23.1 Å². The Morgan fingerprint density at radius 1 is 1.24 bits per heavy atom. The van der Waals surface area contributed by atoms with Crippen molar-refractivity contribution < 1.29 is 4.79 Å². The summed E-state index contributed by atoms with van der Waals surface area (Å²) < 4.78 is 0. The van der Waals surface area contributed by atoms with Crippen LogP contribution in [0, 0.1) is 0 Å². The first-order valence-electron chi connectivity index (χ1n) is 5.73. The minimum absolute atomic E-state index is 0.414. The Labute approximate surface area is 106 Å². The van der Waals surface area contributed by atoms with Crippen LogP contribution in [0.25, 0.3) is 0 Å². The molecular weight excluding hydrogens is 238 g/mol. The van der Waals surface area contributed by atoms with Gasteiger partial charge in [0.05, 0.1) is 16.3 Å². The lowest BCUT2D eigenvalue weighted by atomic mass is 10.1. The van der Waals surface area contributed by atoms with Crippen molar-refractivity contribution in [1.29, 1.82) is 0 Å². The van der Waals surface area contributed by atoms with E-state index in [0.29, 0.717) is 16.3 Å². The largest absolute Gasteiger partial charge is 0.399 e. The fourth-order valence-corrected chi connectivity index (χ4v) is 2.59. The Hall–Kier alpha value is -1.42. The quantitative estimate of drug-likeness (QED) is 0.792. The number of benzene rings is 1. The van der Waals surface area contributed by atoms with Crippen molar-refractivity contribution in [2.45, 2.75) is 19.3 Å². The number of amides is 1. The number of anilines is 2. The smallest absolute Gasteiger partial charge is 0.250 e. The van der Waals surface area contributed by atoms with Crippen molar-refractivity contribution in [2.24, 2.45) is 5.73 Å². The molecule has 0 saturated carbocycles. The van der Waals surface area contributed by atoms with Crippen LogP contribution in [0.15, 0.2) is 12.1 Å². The fourth-order valence-electron chi connectivity index (χ4n) is 2.25. The number of rotatable bonds is 2. The number of hydrogen-bond acceptors (Lipinski definition) is 3. The van der Waals surface area contributed by atoms with Gasteiger partial charge in [-0.2, -0.15) is 0 Å². The Balaban J connectivity index is 2.46. The van der Waals surface area contributed by atoms with E-state index in [2.05, 4.69) is 4.90 Å². The number of piperidine rings is 1. The van der Waals surface area contributed by atoms with Gasteiger partial charge < -0.3 is 16.4 Å². The highest BCUT2D eigenvalue weighted by Crippen LogP contribution is 2.33. The highest BCUT2D eigenvalue weighted by molar-refractivity contribution is 6.34. The van der Waals surface area contributed by atoms with Gasteiger partial charge in [-0.25, -0.2) is 0 Å². The van der Waals surface area contributed by atoms with E-state index in [-0.39, 0.29) is 0 Å². The van der Waals surface area contributed by atoms with Gasteiger partial charge in [0.1, 0.15) is 0 Å². The highest BCUT2D eigenvalue weighted by atomic mass is 35.5. The molecule has 0 radical (unpaired) electrons. The van der Waals surface area contributed by atoms with Gasteiger partial charge in [-0.1, -0.05) is 11.6 Å². The van der Waals surface area contributed by atoms with E-state index >= 15 is 0 Å². The molecule has 0 bridgehead atoms. The van der Waals surface area contributed by atoms with Crippen LogP contribution in [0.5, 0.6) is 0 Å². The SMILES string of the molecule is NC(=O)c1cc(N)cc(Cl)c1N1CCCCC1. The minimum atomic E-state index is -0.486. The van der Waals surface area contributed by atoms with Gasteiger partial charge in [-0.15, -0.1) is 0 Å². The molecule has 92 valence electrons. The number of carbonyl (C=O) groups excluding carboxylic acids is 1. The summed E-state index contributed by atoms with van der Waals surface area (Å²) in [5, 5.41) is 0.501. The third-order valence-electron chi connectivity index (χ3n) is 3.02. The van der Waals surface area contributed by atoms with Crippen LogP contribution in [0.4, 0.5) is 11.4 Å². The maximum absolute atomic E-state index is 11.5. The van der Waals surface area contributed by atoms with Crippen molar-refractivity contribution in [3.05, 3.63) is 22.7 Å². The maximum Gasteiger partial charge on any atom is 0.250 e. The molecular formula is C12H16ClN3O. The lowest BCUT2D eigenvalue weighted by Gasteiger charge is -2.31. The summed E-state index contributed by atoms with van der Waals surface area (Å²) in [5.74, 6) is -0.486. The molecule has 1 saturated heterocycles. The molecule has 1 heterocycles. The number of nitrogen functional groups attached to an aromatic ring is 1. The second-order valence-electron chi connectivity index (χ2n) is 4.31. The number of halogens is 1. The lowest BCUT2D eigenvalue weighted by Crippen LogP contribution is -2.32. The highest BCUT2D eigenvalue weighted by Gasteiger charge is 2.20. The maximum atomic E-state index is 11.5. The third-order valence-corrected chi connectivity index (χ3v) is 3.31. The molecule has 2 rings (SSSR count). The molecule has 0 aliphatic carbocycles. The normalized spacial score (nSPS) is 15.9. The van der Waals surface area contributed by atoms with E-state index in [9.17, 15) is 4.79 Å². The predicted octanol–water partition coefficient (Wildman–Crippen LogP) is 2.01. The predicted molar refractivity (Wildman–Crippen MR) is 70.4 cm³/mol. The van der Waals surface area contributed by atoms with Gasteiger partial charge in [0.2, 0.25) is 0 Å². The molecule has 1 aromatic rings. The van der Waals surface area contributed by atoms with E-state index in [1.165, 1.54) is 6.42 Å². The summed E-state index contributed by atoms with van der Waals surface area (Å²) in [7, 11) is 0. The molecule has 4 nitrogen and oxygen atoms in total. The van der Waals surface area contributed by atoms with Gasteiger partial charge >= 0.3 is 0 Å². The first kappa shape index (κ1) is 12.0. The van der Waals surface area contributed by atoms with Crippen molar-refractivity contribution in [3.8, 4) is 0 Å². The number of nitrogens with zero attached hydrogens (tertiary/aromatic N) is 1. The van der Waals surface area contributed by atoms with Crippen LogP contribution >= 0.6 is 11.6 Å². The molecule has 1 amide bonds. The zero-order valence-corrected chi connectivity index (χ0v) is 10.3. The first-order valence-corrected chi connectivity index (χ1v) is 6.11. The topological polar surface area (TPSA) is 72.3 Å². The van der Waals surface area contributed by atoms with Crippen LogP contribution in [0.2, 0.25) is 5.02 Å². The average molecular weight is 254 g/mol. The molecule has 5 heteroatoms. The molecule has 0 spiro atoms. The van der Waals surface area contributed by atoms with Crippen LogP contribution in [-0.4, -0.2) is 19.0 Å². The van der Waals surface area contributed by atoms with E-state index in [1.54, 1.807) is 12.1 Å². The molecule has 1 aromatic carbocycles. The molecule has 1 fully saturated rings. The summed E-state index contributed by atoms with van der Waals surface area (Å²) in [5.41, 5.74) is 12.7. The molecule has 4 N–H and O–H groups in total. The van der Waals surface area contributed by atoms with Crippen molar-refractivity contribution in [2.75, 3.05) is 23.7 Å². The second kappa shape index (κ2) is 4.84. The molecule has 0 unspecified atom stereocenters. The van der Waals surface area contributed by atoms with Crippen molar-refractivity contribution in [3.63, 3.8) is 0 Å². The Bertz CT molecular complexity index is 442. The Morgan fingerprint density at radius 3 is 2.47 bits per heavy atom. The number of primary amides is 1. The van der Waals surface area contributed by atoms with E-state index in [1.807, 2.05) is 0 Å². The summed E-state index contributed by atoms with van der Waals surface area (Å²) >= 11 is 6.18. The van der Waals surface area contributed by atoms with Crippen LogP contribution < -0.4 is 16.4 Å². The average Bonchev–Trinajstić information content (AvgIpc) is 2.29. The summed E-state index contributed by atoms with van der Waals surface area (Å²) in [6.45, 7) is 1.81. The lowest BCUT2D eigenvalue weighted by molar-refractivity contribution is 0.100.